The zero-order valence-electron chi connectivity index (χ0n) is 26.0. The van der Waals surface area contributed by atoms with E-state index in [0.717, 1.165) is 47.8 Å². The van der Waals surface area contributed by atoms with Crippen molar-refractivity contribution in [2.24, 2.45) is 0 Å². The highest BCUT2D eigenvalue weighted by molar-refractivity contribution is 5.84. The van der Waals surface area contributed by atoms with Gasteiger partial charge in [-0.25, -0.2) is 9.59 Å². The molecule has 0 fully saturated rings. The molecule has 4 rings (SSSR count). The maximum Gasteiger partial charge on any atom is 0.410 e. The Labute approximate surface area is 250 Å². The van der Waals surface area contributed by atoms with Gasteiger partial charge < -0.3 is 14.8 Å². The number of pyridine rings is 1. The molecule has 3 aromatic rings. The second-order valence-electron chi connectivity index (χ2n) is 13.1. The molecule has 8 heteroatoms. The van der Waals surface area contributed by atoms with Gasteiger partial charge in [0.2, 0.25) is 0 Å². The van der Waals surface area contributed by atoms with Crippen LogP contribution in [0.5, 0.6) is 0 Å². The zero-order valence-corrected chi connectivity index (χ0v) is 26.0. The van der Waals surface area contributed by atoms with Crippen LogP contribution in [0.15, 0.2) is 60.8 Å². The molecule has 1 unspecified atom stereocenters. The lowest BCUT2D eigenvalue weighted by Gasteiger charge is -2.40. The number of nitrogens with one attached hydrogen (secondary N) is 1. The molecule has 1 aliphatic rings. The van der Waals surface area contributed by atoms with Crippen molar-refractivity contribution in [2.75, 3.05) is 19.6 Å². The fourth-order valence-corrected chi connectivity index (χ4v) is 5.30. The van der Waals surface area contributed by atoms with Crippen molar-refractivity contribution in [3.8, 4) is 0 Å². The molecule has 1 aliphatic heterocycles. The number of nitrogens with zero attached hydrogens (tertiary/aromatic N) is 3. The summed E-state index contributed by atoms with van der Waals surface area (Å²) in [5.74, 6) is 0. The van der Waals surface area contributed by atoms with Gasteiger partial charge in [-0.3, -0.25) is 14.8 Å². The summed E-state index contributed by atoms with van der Waals surface area (Å²) >= 11 is 0. The molecule has 0 bridgehead atoms. The number of benzene rings is 2. The molecular weight excluding hydrogens is 528 g/mol. The summed E-state index contributed by atoms with van der Waals surface area (Å²) in [7, 11) is 0. The smallest absolute Gasteiger partial charge is 0.410 e. The number of hydrogen-bond acceptors (Lipinski definition) is 6. The fraction of sp³-hybridized carbons (Fsp3) is 0.500. The van der Waals surface area contributed by atoms with E-state index >= 15 is 0 Å². The molecular formula is C34H46N4O4. The first kappa shape index (κ1) is 31.3. The maximum absolute atomic E-state index is 13.4. The van der Waals surface area contributed by atoms with Crippen LogP contribution in [-0.4, -0.2) is 63.8 Å². The molecule has 42 heavy (non-hydrogen) atoms. The van der Waals surface area contributed by atoms with Gasteiger partial charge in [0.1, 0.15) is 11.2 Å². The minimum Gasteiger partial charge on any atom is -0.444 e. The van der Waals surface area contributed by atoms with E-state index in [-0.39, 0.29) is 12.1 Å². The summed E-state index contributed by atoms with van der Waals surface area (Å²) < 4.78 is 11.2. The normalized spacial score (nSPS) is 15.4. The number of hydrogen-bond donors (Lipinski definition) is 1. The van der Waals surface area contributed by atoms with Gasteiger partial charge in [-0.1, -0.05) is 48.5 Å². The van der Waals surface area contributed by atoms with Crippen molar-refractivity contribution in [3.63, 3.8) is 0 Å². The molecule has 0 aliphatic carbocycles. The first-order valence-electron chi connectivity index (χ1n) is 15.0. The third-order valence-corrected chi connectivity index (χ3v) is 7.15. The van der Waals surface area contributed by atoms with E-state index in [0.29, 0.717) is 26.2 Å². The van der Waals surface area contributed by atoms with Gasteiger partial charge in [-0.15, -0.1) is 0 Å². The van der Waals surface area contributed by atoms with E-state index < -0.39 is 17.3 Å². The molecule has 0 saturated heterocycles. The highest BCUT2D eigenvalue weighted by Gasteiger charge is 2.34. The predicted octanol–water partition coefficient (Wildman–Crippen LogP) is 6.70. The Hall–Kier alpha value is -3.65. The van der Waals surface area contributed by atoms with Crippen LogP contribution in [0.4, 0.5) is 9.59 Å². The lowest BCUT2D eigenvalue weighted by atomic mass is 9.93. The Morgan fingerprint density at radius 1 is 0.929 bits per heavy atom. The number of alkyl carbamates (subject to hydrolysis) is 1. The second kappa shape index (κ2) is 13.6. The first-order valence-corrected chi connectivity index (χ1v) is 15.0. The van der Waals surface area contributed by atoms with Gasteiger partial charge in [0.05, 0.1) is 11.7 Å². The summed E-state index contributed by atoms with van der Waals surface area (Å²) in [4.78, 5) is 34.6. The Balaban J connectivity index is 1.51. The predicted molar refractivity (Wildman–Crippen MR) is 166 cm³/mol. The summed E-state index contributed by atoms with van der Waals surface area (Å²) in [5.41, 5.74) is 2.35. The van der Waals surface area contributed by atoms with Crippen LogP contribution >= 0.6 is 0 Å². The average molecular weight is 575 g/mol. The minimum absolute atomic E-state index is 0.0513. The van der Waals surface area contributed by atoms with Gasteiger partial charge >= 0.3 is 12.2 Å². The molecule has 2 amide bonds. The van der Waals surface area contributed by atoms with Crippen molar-refractivity contribution in [1.82, 2.24) is 20.1 Å². The summed E-state index contributed by atoms with van der Waals surface area (Å²) in [6, 6.07) is 18.6. The molecule has 0 spiro atoms. The van der Waals surface area contributed by atoms with Gasteiger partial charge in [0, 0.05) is 37.8 Å². The van der Waals surface area contributed by atoms with Crippen molar-refractivity contribution in [2.45, 2.75) is 91.1 Å². The Kier molecular flexibility index (Phi) is 10.1. The molecule has 0 saturated carbocycles. The van der Waals surface area contributed by atoms with E-state index in [4.69, 9.17) is 14.5 Å². The standard InChI is InChI=1S/C34H46N4O4/c1-33(2,3)41-31(39)36-18-11-12-20-37(24-30-29-16-10-9-13-25(29)17-19-35-30)23-28-21-26-14-7-8-15-27(26)22-38(28)32(40)42-34(4,5)6/h7-10,13-17,19,28H,11-12,18,20-24H2,1-6H3,(H,36,39). The lowest BCUT2D eigenvalue weighted by molar-refractivity contribution is 0.00709. The number of carbonyl (C=O) groups excluding carboxylic acids is 2. The average Bonchev–Trinajstić information content (AvgIpc) is 2.90. The third-order valence-electron chi connectivity index (χ3n) is 7.15. The lowest BCUT2D eigenvalue weighted by Crippen LogP contribution is -2.51. The van der Waals surface area contributed by atoms with Crippen molar-refractivity contribution in [3.05, 3.63) is 77.6 Å². The first-order chi connectivity index (χ1) is 19.9. The fourth-order valence-electron chi connectivity index (χ4n) is 5.30. The van der Waals surface area contributed by atoms with Crippen LogP contribution in [0, 0.1) is 0 Å². The van der Waals surface area contributed by atoms with Crippen LogP contribution in [0.25, 0.3) is 10.8 Å². The second-order valence-corrected chi connectivity index (χ2v) is 13.1. The molecule has 1 atom stereocenters. The Morgan fingerprint density at radius 2 is 1.62 bits per heavy atom. The monoisotopic (exact) mass is 574 g/mol. The molecule has 1 aromatic heterocycles. The van der Waals surface area contributed by atoms with E-state index in [2.05, 4.69) is 40.5 Å². The van der Waals surface area contributed by atoms with E-state index in [1.807, 2.05) is 76.9 Å². The van der Waals surface area contributed by atoms with Crippen LogP contribution in [0.2, 0.25) is 0 Å². The SMILES string of the molecule is CC(C)(C)OC(=O)NCCCCN(Cc1nccc2ccccc12)CC1Cc2ccccc2CN1C(=O)OC(C)(C)C. The molecule has 2 aromatic carbocycles. The topological polar surface area (TPSA) is 84.0 Å². The number of unbranched alkanes of at least 4 members (excludes halogenated alkanes) is 1. The number of ether oxygens (including phenoxy) is 2. The van der Waals surface area contributed by atoms with E-state index in [9.17, 15) is 9.59 Å². The highest BCUT2D eigenvalue weighted by atomic mass is 16.6. The third kappa shape index (κ3) is 9.18. The van der Waals surface area contributed by atoms with Crippen molar-refractivity contribution in [1.29, 1.82) is 0 Å². The molecule has 2 heterocycles. The van der Waals surface area contributed by atoms with Crippen LogP contribution in [0.3, 0.4) is 0 Å². The number of carbonyl (C=O) groups is 2. The van der Waals surface area contributed by atoms with E-state index in [1.54, 1.807) is 0 Å². The number of fused-ring (bicyclic) bond motifs is 2. The van der Waals surface area contributed by atoms with E-state index in [1.165, 1.54) is 5.56 Å². The highest BCUT2D eigenvalue weighted by Crippen LogP contribution is 2.27. The molecule has 8 nitrogen and oxygen atoms in total. The van der Waals surface area contributed by atoms with Gasteiger partial charge in [0.25, 0.3) is 0 Å². The Bertz CT molecular complexity index is 1360. The number of amides is 2. The Morgan fingerprint density at radius 3 is 2.36 bits per heavy atom. The van der Waals surface area contributed by atoms with Gasteiger partial charge in [0.15, 0.2) is 0 Å². The molecule has 1 N–H and O–H groups in total. The summed E-state index contributed by atoms with van der Waals surface area (Å²) in [6.45, 7) is 14.5. The van der Waals surface area contributed by atoms with Gasteiger partial charge in [-0.05, 0) is 89.9 Å². The van der Waals surface area contributed by atoms with Crippen LogP contribution in [0.1, 0.15) is 71.2 Å². The summed E-state index contributed by atoms with van der Waals surface area (Å²) in [5, 5.41) is 5.15. The maximum atomic E-state index is 13.4. The quantitative estimate of drug-likeness (QED) is 0.286. The number of rotatable bonds is 9. The van der Waals surface area contributed by atoms with Crippen molar-refractivity contribution >= 4 is 23.0 Å². The minimum atomic E-state index is -0.577. The largest absolute Gasteiger partial charge is 0.444 e. The molecule has 0 radical (unpaired) electrons. The van der Waals surface area contributed by atoms with Crippen LogP contribution < -0.4 is 5.32 Å². The number of aromatic nitrogens is 1. The summed E-state index contributed by atoms with van der Waals surface area (Å²) in [6.07, 6.45) is 3.62. The zero-order chi connectivity index (χ0) is 30.3. The van der Waals surface area contributed by atoms with Gasteiger partial charge in [-0.2, -0.15) is 0 Å². The molecule has 226 valence electrons. The van der Waals surface area contributed by atoms with Crippen molar-refractivity contribution < 1.29 is 19.1 Å². The van der Waals surface area contributed by atoms with Crippen LogP contribution in [-0.2, 0) is 29.0 Å².